The number of hydrogen-bond acceptors (Lipinski definition) is 2. The molecule has 2 amide bonds. The van der Waals surface area contributed by atoms with Crippen molar-refractivity contribution in [2.45, 2.75) is 20.3 Å². The molecule has 1 saturated heterocycles. The van der Waals surface area contributed by atoms with Gasteiger partial charge >= 0.3 is 12.0 Å². The van der Waals surface area contributed by atoms with Gasteiger partial charge in [-0.3, -0.25) is 0 Å². The first-order valence-corrected chi connectivity index (χ1v) is 6.86. The number of hydrogen-bond donors (Lipinski definition) is 2. The molecule has 0 aromatic heterocycles. The van der Waals surface area contributed by atoms with Crippen LogP contribution in [0.1, 0.15) is 30.6 Å². The Morgan fingerprint density at radius 1 is 1.20 bits per heavy atom. The van der Waals surface area contributed by atoms with Gasteiger partial charge in [-0.05, 0) is 42.5 Å². The summed E-state index contributed by atoms with van der Waals surface area (Å²) >= 11 is 0. The third-order valence-corrected chi connectivity index (χ3v) is 4.00. The Bertz CT molecular complexity index is 498. The van der Waals surface area contributed by atoms with Gasteiger partial charge in [0.2, 0.25) is 0 Å². The number of nitrogens with zero attached hydrogens (tertiary/aromatic N) is 1. The van der Waals surface area contributed by atoms with E-state index in [4.69, 9.17) is 5.11 Å². The highest BCUT2D eigenvalue weighted by Gasteiger charge is 2.25. The lowest BCUT2D eigenvalue weighted by Crippen LogP contribution is -2.44. The van der Waals surface area contributed by atoms with Crippen molar-refractivity contribution in [1.82, 2.24) is 4.90 Å². The fourth-order valence-corrected chi connectivity index (χ4v) is 2.35. The summed E-state index contributed by atoms with van der Waals surface area (Å²) in [6.45, 7) is 5.90. The molecule has 0 radical (unpaired) electrons. The zero-order chi connectivity index (χ0) is 14.7. The number of carboxylic acid groups (broad SMARTS) is 1. The number of piperidine rings is 1. The van der Waals surface area contributed by atoms with Gasteiger partial charge in [0.1, 0.15) is 0 Å². The summed E-state index contributed by atoms with van der Waals surface area (Å²) in [5.41, 5.74) is 0.828. The third-order valence-electron chi connectivity index (χ3n) is 4.00. The highest BCUT2D eigenvalue weighted by atomic mass is 16.4. The quantitative estimate of drug-likeness (QED) is 0.872. The lowest BCUT2D eigenvalue weighted by molar-refractivity contribution is 0.0697. The summed E-state index contributed by atoms with van der Waals surface area (Å²) in [7, 11) is 0. The van der Waals surface area contributed by atoms with Crippen LogP contribution in [0.25, 0.3) is 0 Å². The summed E-state index contributed by atoms with van der Waals surface area (Å²) < 4.78 is 0. The van der Waals surface area contributed by atoms with E-state index in [1.165, 1.54) is 12.1 Å². The molecule has 2 unspecified atom stereocenters. The van der Waals surface area contributed by atoms with Crippen molar-refractivity contribution in [3.05, 3.63) is 29.8 Å². The highest BCUT2D eigenvalue weighted by molar-refractivity contribution is 5.91. The van der Waals surface area contributed by atoms with E-state index >= 15 is 0 Å². The second-order valence-corrected chi connectivity index (χ2v) is 5.50. The number of carbonyl (C=O) groups excluding carboxylic acids is 1. The molecule has 0 saturated carbocycles. The maximum Gasteiger partial charge on any atom is 0.335 e. The van der Waals surface area contributed by atoms with Crippen molar-refractivity contribution in [1.29, 1.82) is 0 Å². The number of rotatable bonds is 2. The van der Waals surface area contributed by atoms with E-state index in [9.17, 15) is 9.59 Å². The number of aromatic carboxylic acids is 1. The molecule has 108 valence electrons. The van der Waals surface area contributed by atoms with Crippen molar-refractivity contribution in [2.24, 2.45) is 11.8 Å². The monoisotopic (exact) mass is 276 g/mol. The summed E-state index contributed by atoms with van der Waals surface area (Å²) in [6, 6.07) is 6.07. The zero-order valence-corrected chi connectivity index (χ0v) is 11.8. The van der Waals surface area contributed by atoms with Gasteiger partial charge in [-0.25, -0.2) is 9.59 Å². The minimum atomic E-state index is -0.971. The molecule has 5 nitrogen and oxygen atoms in total. The lowest BCUT2D eigenvalue weighted by atomic mass is 9.89. The van der Waals surface area contributed by atoms with Gasteiger partial charge in [0, 0.05) is 18.8 Å². The van der Waals surface area contributed by atoms with Crippen LogP contribution in [0.2, 0.25) is 0 Å². The number of amides is 2. The van der Waals surface area contributed by atoms with E-state index in [1.54, 1.807) is 12.1 Å². The fourth-order valence-electron chi connectivity index (χ4n) is 2.35. The Morgan fingerprint density at radius 2 is 1.85 bits per heavy atom. The van der Waals surface area contributed by atoms with E-state index in [0.29, 0.717) is 17.5 Å². The first kappa shape index (κ1) is 14.4. The maximum atomic E-state index is 12.1. The number of anilines is 1. The van der Waals surface area contributed by atoms with Crippen LogP contribution in [0.15, 0.2) is 24.3 Å². The molecule has 2 N–H and O–H groups in total. The molecule has 1 aromatic rings. The number of likely N-dealkylation sites (tertiary alicyclic amines) is 1. The standard InChI is InChI=1S/C15H20N2O3/c1-10-7-8-17(9-11(10)2)15(20)16-13-5-3-12(4-6-13)14(18)19/h3-6,10-11H,7-9H2,1-2H3,(H,16,20)(H,18,19). The Labute approximate surface area is 118 Å². The Balaban J connectivity index is 1.96. The SMILES string of the molecule is CC1CCN(C(=O)Nc2ccc(C(=O)O)cc2)CC1C. The van der Waals surface area contributed by atoms with Crippen LogP contribution in [0.5, 0.6) is 0 Å². The molecular formula is C15H20N2O3. The predicted molar refractivity (Wildman–Crippen MR) is 76.9 cm³/mol. The van der Waals surface area contributed by atoms with Gasteiger partial charge in [-0.1, -0.05) is 13.8 Å². The Morgan fingerprint density at radius 3 is 2.40 bits per heavy atom. The predicted octanol–water partition coefficient (Wildman–Crippen LogP) is 2.89. The fraction of sp³-hybridized carbons (Fsp3) is 0.467. The molecule has 2 atom stereocenters. The van der Waals surface area contributed by atoms with Gasteiger partial charge in [-0.15, -0.1) is 0 Å². The van der Waals surface area contributed by atoms with Crippen molar-refractivity contribution in [2.75, 3.05) is 18.4 Å². The van der Waals surface area contributed by atoms with E-state index < -0.39 is 5.97 Å². The lowest BCUT2D eigenvalue weighted by Gasteiger charge is -2.35. The van der Waals surface area contributed by atoms with E-state index in [0.717, 1.165) is 19.5 Å². The van der Waals surface area contributed by atoms with Crippen LogP contribution in [0, 0.1) is 11.8 Å². The third kappa shape index (κ3) is 3.29. The van der Waals surface area contributed by atoms with Gasteiger partial charge in [0.15, 0.2) is 0 Å². The average Bonchev–Trinajstić information content (AvgIpc) is 2.42. The van der Waals surface area contributed by atoms with Gasteiger partial charge in [-0.2, -0.15) is 0 Å². The summed E-state index contributed by atoms with van der Waals surface area (Å²) in [5, 5.41) is 11.6. The minimum absolute atomic E-state index is 0.119. The molecule has 1 fully saturated rings. The van der Waals surface area contributed by atoms with E-state index in [2.05, 4.69) is 19.2 Å². The van der Waals surface area contributed by atoms with Crippen molar-refractivity contribution in [3.63, 3.8) is 0 Å². The van der Waals surface area contributed by atoms with Crippen LogP contribution >= 0.6 is 0 Å². The maximum absolute atomic E-state index is 12.1. The molecule has 2 rings (SSSR count). The van der Waals surface area contributed by atoms with E-state index in [1.807, 2.05) is 4.90 Å². The van der Waals surface area contributed by atoms with Crippen LogP contribution < -0.4 is 5.32 Å². The average molecular weight is 276 g/mol. The van der Waals surface area contributed by atoms with Crippen LogP contribution in [-0.4, -0.2) is 35.1 Å². The molecule has 1 aliphatic rings. The van der Waals surface area contributed by atoms with Crippen molar-refractivity contribution >= 4 is 17.7 Å². The number of carbonyl (C=O) groups is 2. The van der Waals surface area contributed by atoms with Gasteiger partial charge in [0.05, 0.1) is 5.56 Å². The molecule has 1 aliphatic heterocycles. The van der Waals surface area contributed by atoms with Gasteiger partial charge < -0.3 is 15.3 Å². The topological polar surface area (TPSA) is 69.6 Å². The van der Waals surface area contributed by atoms with Crippen molar-refractivity contribution < 1.29 is 14.7 Å². The normalized spacial score (nSPS) is 22.4. The molecule has 1 aromatic carbocycles. The molecule has 0 spiro atoms. The summed E-state index contributed by atoms with van der Waals surface area (Å²) in [6.07, 6.45) is 1.02. The molecule has 5 heteroatoms. The highest BCUT2D eigenvalue weighted by Crippen LogP contribution is 2.23. The number of nitrogens with one attached hydrogen (secondary N) is 1. The van der Waals surface area contributed by atoms with Crippen LogP contribution in [0.4, 0.5) is 10.5 Å². The smallest absolute Gasteiger partial charge is 0.335 e. The van der Waals surface area contributed by atoms with E-state index in [-0.39, 0.29) is 11.6 Å². The molecule has 1 heterocycles. The summed E-state index contributed by atoms with van der Waals surface area (Å²) in [4.78, 5) is 24.7. The first-order valence-electron chi connectivity index (χ1n) is 6.86. The first-order chi connectivity index (χ1) is 9.47. The number of benzene rings is 1. The Hall–Kier alpha value is -2.04. The zero-order valence-electron chi connectivity index (χ0n) is 11.8. The molecular weight excluding hydrogens is 256 g/mol. The molecule has 0 aliphatic carbocycles. The van der Waals surface area contributed by atoms with Gasteiger partial charge in [0.25, 0.3) is 0 Å². The number of carboxylic acids is 1. The second kappa shape index (κ2) is 5.94. The molecule has 0 bridgehead atoms. The van der Waals surface area contributed by atoms with Crippen LogP contribution in [0.3, 0.4) is 0 Å². The number of urea groups is 1. The summed E-state index contributed by atoms with van der Waals surface area (Å²) in [5.74, 6) is 0.180. The minimum Gasteiger partial charge on any atom is -0.478 e. The molecule has 20 heavy (non-hydrogen) atoms. The largest absolute Gasteiger partial charge is 0.478 e. The second-order valence-electron chi connectivity index (χ2n) is 5.50. The Kier molecular flexibility index (Phi) is 4.27. The van der Waals surface area contributed by atoms with Crippen LogP contribution in [-0.2, 0) is 0 Å². The van der Waals surface area contributed by atoms with Crippen molar-refractivity contribution in [3.8, 4) is 0 Å².